The van der Waals surface area contributed by atoms with Crippen molar-refractivity contribution < 1.29 is 47.7 Å². The quantitative estimate of drug-likeness (QED) is 0.456. The van der Waals surface area contributed by atoms with Gasteiger partial charge in [-0.05, 0) is 0 Å². The summed E-state index contributed by atoms with van der Waals surface area (Å²) in [6, 6.07) is 0. The number of fused-ring (bicyclic) bond motifs is 2. The van der Waals surface area contributed by atoms with E-state index < -0.39 is 22.9 Å². The van der Waals surface area contributed by atoms with E-state index in [0.717, 1.165) is 0 Å². The van der Waals surface area contributed by atoms with Gasteiger partial charge in [0.2, 0.25) is 0 Å². The Kier molecular flexibility index (Phi) is 6.83. The molecule has 3 heteroatoms. The zero-order chi connectivity index (χ0) is 11.8. The minimum absolute atomic E-state index is 0. The Labute approximate surface area is 140 Å². The molecule has 0 unspecified atom stereocenters. The second-order valence-electron chi connectivity index (χ2n) is 5.11. The van der Waals surface area contributed by atoms with Gasteiger partial charge < -0.3 is 24.8 Å². The molecule has 0 amide bonds. The second-order valence-corrected chi connectivity index (χ2v) is 10.3. The number of hydrogen-bond acceptors (Lipinski definition) is 0. The van der Waals surface area contributed by atoms with Crippen molar-refractivity contribution in [2.75, 3.05) is 0 Å². The molecule has 3 rings (SSSR count). The maximum Gasteiger partial charge on any atom is -1.00 e. The van der Waals surface area contributed by atoms with E-state index in [1.54, 1.807) is 22.3 Å². The van der Waals surface area contributed by atoms with E-state index in [1.807, 2.05) is 6.66 Å². The Morgan fingerprint density at radius 1 is 0.842 bits per heavy atom. The van der Waals surface area contributed by atoms with E-state index in [4.69, 9.17) is 0 Å². The predicted molar refractivity (Wildman–Crippen MR) is 69.3 cm³/mol. The average molecular weight is 462 g/mol. The zero-order valence-electron chi connectivity index (χ0n) is 11.7. The third-order valence-corrected chi connectivity index (χ3v) is 10.1. The van der Waals surface area contributed by atoms with Gasteiger partial charge in [0.25, 0.3) is 0 Å². The first-order valence-electron chi connectivity index (χ1n) is 6.93. The fraction of sp³-hybridized carbons (Fsp3) is 0.500. The maximum absolute atomic E-state index is 2.54. The summed E-state index contributed by atoms with van der Waals surface area (Å²) in [5.74, 6) is 0. The van der Waals surface area contributed by atoms with Crippen molar-refractivity contribution >= 4 is 0 Å². The van der Waals surface area contributed by atoms with Crippen LogP contribution in [0.5, 0.6) is 0 Å². The molecular weight excluding hydrogens is 442 g/mol. The van der Waals surface area contributed by atoms with Crippen molar-refractivity contribution in [1.82, 2.24) is 0 Å². The first-order chi connectivity index (χ1) is 8.33. The molecule has 102 valence electrons. The zero-order valence-corrected chi connectivity index (χ0v) is 16.8. The molecule has 2 aliphatic carbocycles. The van der Waals surface area contributed by atoms with Gasteiger partial charge in [-0.2, -0.15) is 0 Å². The summed E-state index contributed by atoms with van der Waals surface area (Å²) in [6.07, 6.45) is 12.9. The van der Waals surface area contributed by atoms with Crippen LogP contribution in [-0.2, 0) is 22.9 Å². The molecule has 0 atom stereocenters. The molecule has 0 saturated carbocycles. The molecule has 0 radical (unpaired) electrons. The van der Waals surface area contributed by atoms with E-state index in [9.17, 15) is 0 Å². The Morgan fingerprint density at radius 2 is 1.26 bits per heavy atom. The van der Waals surface area contributed by atoms with Crippen LogP contribution in [0.1, 0.15) is 52.4 Å². The van der Waals surface area contributed by atoms with Crippen molar-refractivity contribution in [3.63, 3.8) is 0 Å². The molecule has 0 aromatic heterocycles. The third kappa shape index (κ3) is 3.19. The van der Waals surface area contributed by atoms with Gasteiger partial charge in [0.15, 0.2) is 0 Å². The Bertz CT molecular complexity index is 437. The van der Waals surface area contributed by atoms with Gasteiger partial charge in [0.05, 0.1) is 0 Å². The van der Waals surface area contributed by atoms with Crippen molar-refractivity contribution in [2.45, 2.75) is 52.4 Å². The normalized spacial score (nSPS) is 20.1. The van der Waals surface area contributed by atoms with Gasteiger partial charge in [-0.15, -0.1) is 0 Å². The molecule has 0 N–H and O–H groups in total. The van der Waals surface area contributed by atoms with Crippen molar-refractivity contribution in [3.8, 4) is 0 Å². The number of halogens is 2. The van der Waals surface area contributed by atoms with Crippen LogP contribution in [0.15, 0.2) is 41.1 Å². The van der Waals surface area contributed by atoms with E-state index >= 15 is 0 Å². The molecular formula is C16H20Cl2Hf. The van der Waals surface area contributed by atoms with Gasteiger partial charge in [-0.1, -0.05) is 0 Å². The minimum atomic E-state index is -0.672. The molecule has 4 bridgehead atoms. The summed E-state index contributed by atoms with van der Waals surface area (Å²) in [5, 5.41) is 0. The predicted octanol–water partition coefficient (Wildman–Crippen LogP) is -1.14. The molecule has 1 heterocycles. The number of rotatable bonds is 2. The van der Waals surface area contributed by atoms with Gasteiger partial charge >= 0.3 is 116 Å². The first-order valence-corrected chi connectivity index (χ1v) is 10.5. The molecule has 3 aliphatic rings. The van der Waals surface area contributed by atoms with Crippen LogP contribution in [0.2, 0.25) is 0 Å². The van der Waals surface area contributed by atoms with Gasteiger partial charge in [0, 0.05) is 0 Å². The van der Waals surface area contributed by atoms with E-state index in [1.165, 1.54) is 38.5 Å². The number of allylic oxidation sites excluding steroid dienone is 8. The third-order valence-electron chi connectivity index (χ3n) is 4.28. The SMILES string of the molecule is CCC1=[C]2CC=C1CCC1=CC[C](=C1CC)[Hf+2]2.[Cl-].[Cl-]. The Balaban J connectivity index is 0.000000902. The Morgan fingerprint density at radius 3 is 1.63 bits per heavy atom. The van der Waals surface area contributed by atoms with Gasteiger partial charge in [-0.25, -0.2) is 0 Å². The summed E-state index contributed by atoms with van der Waals surface area (Å²) in [4.78, 5) is 0. The van der Waals surface area contributed by atoms with Gasteiger partial charge in [-0.3, -0.25) is 0 Å². The second kappa shape index (κ2) is 7.43. The smallest absolute Gasteiger partial charge is 1.00 e. The summed E-state index contributed by atoms with van der Waals surface area (Å²) < 4.78 is 3.83. The van der Waals surface area contributed by atoms with Crippen LogP contribution in [-0.4, -0.2) is 0 Å². The van der Waals surface area contributed by atoms with Crippen LogP contribution in [0.4, 0.5) is 0 Å². The molecule has 0 fully saturated rings. The van der Waals surface area contributed by atoms with Crippen LogP contribution in [0.25, 0.3) is 0 Å². The molecule has 1 aliphatic heterocycles. The van der Waals surface area contributed by atoms with Gasteiger partial charge in [0.1, 0.15) is 0 Å². The minimum Gasteiger partial charge on any atom is -1.00 e. The maximum atomic E-state index is 2.54. The molecule has 0 saturated heterocycles. The monoisotopic (exact) mass is 462 g/mol. The summed E-state index contributed by atoms with van der Waals surface area (Å²) in [7, 11) is 0. The average Bonchev–Trinajstić information content (AvgIpc) is 2.91. The van der Waals surface area contributed by atoms with Crippen molar-refractivity contribution in [1.29, 1.82) is 0 Å². The van der Waals surface area contributed by atoms with E-state index in [2.05, 4.69) is 26.0 Å². The van der Waals surface area contributed by atoms with Crippen LogP contribution in [0.3, 0.4) is 0 Å². The fourth-order valence-electron chi connectivity index (χ4n) is 3.42. The van der Waals surface area contributed by atoms with Crippen molar-refractivity contribution in [2.24, 2.45) is 0 Å². The largest absolute Gasteiger partial charge is 1.00 e. The van der Waals surface area contributed by atoms with Crippen molar-refractivity contribution in [3.05, 3.63) is 41.1 Å². The fourth-order valence-corrected chi connectivity index (χ4v) is 9.71. The molecule has 0 nitrogen and oxygen atoms in total. The summed E-state index contributed by atoms with van der Waals surface area (Å²) >= 11 is -0.672. The molecule has 19 heavy (non-hydrogen) atoms. The summed E-state index contributed by atoms with van der Waals surface area (Å²) in [6.45, 7) is 4.70. The van der Waals surface area contributed by atoms with Crippen LogP contribution >= 0.6 is 0 Å². The first kappa shape index (κ1) is 17.5. The molecule has 0 spiro atoms. The Hall–Kier alpha value is 0.410. The molecule has 0 aromatic carbocycles. The standard InChI is InChI=1S/C16H20.2ClH.Hf/c1-3-13-7-5-9-15(13)11-12-16-10-6-8-14(16)4-2;;;/h9-10H,3-6,11-12H2,1-2H3;2*1H;/q;;;+2/p-2. The van der Waals surface area contributed by atoms with Crippen LogP contribution < -0.4 is 24.8 Å². The summed E-state index contributed by atoms with van der Waals surface area (Å²) in [5.41, 5.74) is 6.98. The topological polar surface area (TPSA) is 0 Å². The van der Waals surface area contributed by atoms with Crippen LogP contribution in [0, 0.1) is 0 Å². The van der Waals surface area contributed by atoms with E-state index in [0.29, 0.717) is 0 Å². The number of hydrogen-bond donors (Lipinski definition) is 0. The molecule has 0 aromatic rings. The van der Waals surface area contributed by atoms with E-state index in [-0.39, 0.29) is 24.8 Å².